The Bertz CT molecular complexity index is 972. The number of sulfonamides is 1. The summed E-state index contributed by atoms with van der Waals surface area (Å²) in [4.78, 5) is 4.34. The molecule has 0 saturated carbocycles. The van der Waals surface area contributed by atoms with Gasteiger partial charge in [-0.25, -0.2) is 8.42 Å². The first-order valence-electron chi connectivity index (χ1n) is 9.42. The highest BCUT2D eigenvalue weighted by Gasteiger charge is 2.30. The van der Waals surface area contributed by atoms with E-state index in [9.17, 15) is 13.7 Å². The lowest BCUT2D eigenvalue weighted by Crippen LogP contribution is -2.49. The van der Waals surface area contributed by atoms with Crippen LogP contribution in [0, 0.1) is 11.3 Å². The third kappa shape index (κ3) is 3.53. The molecule has 0 N–H and O–H groups in total. The van der Waals surface area contributed by atoms with Gasteiger partial charge < -0.3 is 9.80 Å². The van der Waals surface area contributed by atoms with Gasteiger partial charge in [0.15, 0.2) is 11.6 Å². The van der Waals surface area contributed by atoms with Gasteiger partial charge in [0.1, 0.15) is 6.07 Å². The number of anilines is 2. The van der Waals surface area contributed by atoms with Crippen LogP contribution in [0.15, 0.2) is 41.3 Å². The minimum absolute atomic E-state index is 0.0701. The third-order valence-electron chi connectivity index (χ3n) is 5.25. The van der Waals surface area contributed by atoms with Crippen LogP contribution in [0.25, 0.3) is 0 Å². The van der Waals surface area contributed by atoms with Crippen molar-refractivity contribution in [1.82, 2.24) is 14.5 Å². The van der Waals surface area contributed by atoms with E-state index >= 15 is 0 Å². The topological polar surface area (TPSA) is 93.4 Å². The standard InChI is InChI=1S/C19H22N6O2S/c20-15-16-5-1-2-6-17(16)28(26,27)25-13-11-24(12-14-25)19-8-7-18(21-22-19)23-9-3-4-10-23/h1-2,5-8H,3-4,9-14H2. The van der Waals surface area contributed by atoms with Gasteiger partial charge in [-0.2, -0.15) is 9.57 Å². The van der Waals surface area contributed by atoms with Crippen molar-refractivity contribution in [3.05, 3.63) is 42.0 Å². The van der Waals surface area contributed by atoms with E-state index in [2.05, 4.69) is 15.1 Å². The van der Waals surface area contributed by atoms with E-state index in [-0.39, 0.29) is 10.5 Å². The zero-order valence-corrected chi connectivity index (χ0v) is 16.3. The number of hydrogen-bond acceptors (Lipinski definition) is 7. The van der Waals surface area contributed by atoms with Gasteiger partial charge in [-0.05, 0) is 37.1 Å². The maximum absolute atomic E-state index is 12.9. The van der Waals surface area contributed by atoms with Crippen LogP contribution in [-0.2, 0) is 10.0 Å². The molecule has 0 atom stereocenters. The molecule has 146 valence electrons. The molecule has 1 aromatic carbocycles. The molecule has 0 amide bonds. The fourth-order valence-corrected chi connectivity index (χ4v) is 5.25. The first-order chi connectivity index (χ1) is 13.6. The molecule has 4 rings (SSSR count). The molecule has 0 aliphatic carbocycles. The summed E-state index contributed by atoms with van der Waals surface area (Å²) in [6, 6.07) is 12.2. The van der Waals surface area contributed by atoms with E-state index in [0.29, 0.717) is 26.2 Å². The van der Waals surface area contributed by atoms with Gasteiger partial charge in [0.2, 0.25) is 10.0 Å². The average Bonchev–Trinajstić information content (AvgIpc) is 3.29. The van der Waals surface area contributed by atoms with Gasteiger partial charge in [0.05, 0.1) is 10.5 Å². The minimum Gasteiger partial charge on any atom is -0.355 e. The zero-order valence-electron chi connectivity index (χ0n) is 15.5. The molecule has 2 aliphatic rings. The van der Waals surface area contributed by atoms with Gasteiger partial charge >= 0.3 is 0 Å². The van der Waals surface area contributed by atoms with Crippen LogP contribution in [0.4, 0.5) is 11.6 Å². The highest BCUT2D eigenvalue weighted by atomic mass is 32.2. The fourth-order valence-electron chi connectivity index (χ4n) is 3.68. The smallest absolute Gasteiger partial charge is 0.244 e. The Kier molecular flexibility index (Phi) is 5.15. The van der Waals surface area contributed by atoms with Crippen molar-refractivity contribution in [3.63, 3.8) is 0 Å². The van der Waals surface area contributed by atoms with E-state index in [1.165, 1.54) is 29.3 Å². The second kappa shape index (κ2) is 7.73. The van der Waals surface area contributed by atoms with Gasteiger partial charge in [-0.15, -0.1) is 10.2 Å². The summed E-state index contributed by atoms with van der Waals surface area (Å²) in [6.07, 6.45) is 2.38. The average molecular weight is 398 g/mol. The summed E-state index contributed by atoms with van der Waals surface area (Å²) < 4.78 is 27.3. The molecule has 2 saturated heterocycles. The van der Waals surface area contributed by atoms with Crippen molar-refractivity contribution < 1.29 is 8.42 Å². The number of benzene rings is 1. The number of piperazine rings is 1. The number of hydrogen-bond donors (Lipinski definition) is 0. The van der Waals surface area contributed by atoms with Crippen molar-refractivity contribution in [3.8, 4) is 6.07 Å². The summed E-state index contributed by atoms with van der Waals surface area (Å²) in [5, 5.41) is 17.9. The lowest BCUT2D eigenvalue weighted by atomic mass is 10.2. The van der Waals surface area contributed by atoms with Crippen LogP contribution in [0.3, 0.4) is 0 Å². The molecule has 2 aliphatic heterocycles. The number of nitriles is 1. The van der Waals surface area contributed by atoms with Gasteiger partial charge in [0, 0.05) is 39.3 Å². The largest absolute Gasteiger partial charge is 0.355 e. The predicted octanol–water partition coefficient (Wildman–Crippen LogP) is 1.46. The van der Waals surface area contributed by atoms with Crippen molar-refractivity contribution in [2.45, 2.75) is 17.7 Å². The van der Waals surface area contributed by atoms with E-state index < -0.39 is 10.0 Å². The molecule has 8 nitrogen and oxygen atoms in total. The molecular weight excluding hydrogens is 376 g/mol. The van der Waals surface area contributed by atoms with Crippen molar-refractivity contribution in [1.29, 1.82) is 5.26 Å². The highest BCUT2D eigenvalue weighted by Crippen LogP contribution is 2.23. The number of aromatic nitrogens is 2. The molecule has 0 unspecified atom stereocenters. The van der Waals surface area contributed by atoms with Gasteiger partial charge in [-0.1, -0.05) is 12.1 Å². The maximum Gasteiger partial charge on any atom is 0.244 e. The van der Waals surface area contributed by atoms with E-state index in [1.54, 1.807) is 12.1 Å². The Hall–Kier alpha value is -2.70. The van der Waals surface area contributed by atoms with Crippen LogP contribution in [0.2, 0.25) is 0 Å². The number of rotatable bonds is 4. The van der Waals surface area contributed by atoms with E-state index in [1.807, 2.05) is 23.1 Å². The Balaban J connectivity index is 1.44. The van der Waals surface area contributed by atoms with Crippen molar-refractivity contribution in [2.75, 3.05) is 49.1 Å². The first kappa shape index (κ1) is 18.7. The molecular formula is C19H22N6O2S. The molecule has 2 aromatic rings. The first-order valence-corrected chi connectivity index (χ1v) is 10.9. The fraction of sp³-hybridized carbons (Fsp3) is 0.421. The van der Waals surface area contributed by atoms with Crippen LogP contribution >= 0.6 is 0 Å². The summed E-state index contributed by atoms with van der Waals surface area (Å²) in [5.74, 6) is 1.66. The van der Waals surface area contributed by atoms with E-state index in [4.69, 9.17) is 0 Å². The summed E-state index contributed by atoms with van der Waals surface area (Å²) in [6.45, 7) is 3.80. The molecule has 1 aromatic heterocycles. The van der Waals surface area contributed by atoms with Crippen LogP contribution in [0.1, 0.15) is 18.4 Å². The van der Waals surface area contributed by atoms with Crippen LogP contribution < -0.4 is 9.80 Å². The molecule has 0 spiro atoms. The van der Waals surface area contributed by atoms with Gasteiger partial charge in [0.25, 0.3) is 0 Å². The monoisotopic (exact) mass is 398 g/mol. The molecule has 0 bridgehead atoms. The highest BCUT2D eigenvalue weighted by molar-refractivity contribution is 7.89. The van der Waals surface area contributed by atoms with E-state index in [0.717, 1.165) is 24.7 Å². The van der Waals surface area contributed by atoms with Crippen LogP contribution in [0.5, 0.6) is 0 Å². The second-order valence-corrected chi connectivity index (χ2v) is 8.85. The third-order valence-corrected chi connectivity index (χ3v) is 7.21. The minimum atomic E-state index is -3.69. The zero-order chi connectivity index (χ0) is 19.6. The Morgan fingerprint density at radius 3 is 1.96 bits per heavy atom. The SMILES string of the molecule is N#Cc1ccccc1S(=O)(=O)N1CCN(c2ccc(N3CCCC3)nn2)CC1. The Labute approximate surface area is 165 Å². The lowest BCUT2D eigenvalue weighted by Gasteiger charge is -2.34. The lowest BCUT2D eigenvalue weighted by molar-refractivity contribution is 0.383. The van der Waals surface area contributed by atoms with Crippen molar-refractivity contribution in [2.24, 2.45) is 0 Å². The molecule has 2 fully saturated rings. The Morgan fingerprint density at radius 1 is 0.821 bits per heavy atom. The second-order valence-electron chi connectivity index (χ2n) is 6.94. The molecule has 3 heterocycles. The maximum atomic E-state index is 12.9. The Morgan fingerprint density at radius 2 is 1.39 bits per heavy atom. The summed E-state index contributed by atoms with van der Waals surface area (Å²) >= 11 is 0. The molecule has 28 heavy (non-hydrogen) atoms. The van der Waals surface area contributed by atoms with Crippen LogP contribution in [-0.4, -0.2) is 62.2 Å². The summed E-state index contributed by atoms with van der Waals surface area (Å²) in [5.41, 5.74) is 0.174. The predicted molar refractivity (Wildman–Crippen MR) is 106 cm³/mol. The van der Waals surface area contributed by atoms with Crippen molar-refractivity contribution >= 4 is 21.7 Å². The summed E-state index contributed by atoms with van der Waals surface area (Å²) in [7, 11) is -3.69. The molecule has 0 radical (unpaired) electrons. The van der Waals surface area contributed by atoms with Gasteiger partial charge in [-0.3, -0.25) is 0 Å². The normalized spacial score (nSPS) is 18.2. The number of nitrogens with zero attached hydrogens (tertiary/aromatic N) is 6. The molecule has 9 heteroatoms. The quantitative estimate of drug-likeness (QED) is 0.770.